The summed E-state index contributed by atoms with van der Waals surface area (Å²) in [6, 6.07) is 33.1. The van der Waals surface area contributed by atoms with Gasteiger partial charge in [0, 0.05) is 36.8 Å². The molecule has 0 heterocycles. The molecule has 40 heavy (non-hydrogen) atoms. The third-order valence-electron chi connectivity index (χ3n) is 7.30. The van der Waals surface area contributed by atoms with Gasteiger partial charge in [0.2, 0.25) is 0 Å². The average Bonchev–Trinajstić information content (AvgIpc) is 2.95. The molecule has 0 fully saturated rings. The maximum absolute atomic E-state index is 13.2. The molecule has 0 aromatic heterocycles. The lowest BCUT2D eigenvalue weighted by Gasteiger charge is -2.25. The second kappa shape index (κ2) is 12.6. The highest BCUT2D eigenvalue weighted by Gasteiger charge is 2.19. The molecule has 5 aromatic rings. The van der Waals surface area contributed by atoms with Crippen molar-refractivity contribution in [3.63, 3.8) is 0 Å². The smallest absolute Gasteiger partial charge is 0.251 e. The zero-order chi connectivity index (χ0) is 27.9. The summed E-state index contributed by atoms with van der Waals surface area (Å²) in [5.41, 5.74) is 2.63. The fourth-order valence-corrected chi connectivity index (χ4v) is 5.41. The predicted molar refractivity (Wildman–Crippen MR) is 162 cm³/mol. The van der Waals surface area contributed by atoms with Gasteiger partial charge in [-0.05, 0) is 64.7 Å². The van der Waals surface area contributed by atoms with E-state index in [0.29, 0.717) is 13.0 Å². The van der Waals surface area contributed by atoms with E-state index in [1.807, 2.05) is 25.2 Å². The quantitative estimate of drug-likeness (QED) is 0.162. The van der Waals surface area contributed by atoms with E-state index in [9.17, 15) is 15.0 Å². The molecule has 0 bridgehead atoms. The Labute approximate surface area is 234 Å². The van der Waals surface area contributed by atoms with E-state index in [-0.39, 0.29) is 35.1 Å². The number of carbonyl (C=O) groups is 1. The molecule has 0 aliphatic carbocycles. The summed E-state index contributed by atoms with van der Waals surface area (Å²) in [7, 11) is 1.95. The summed E-state index contributed by atoms with van der Waals surface area (Å²) in [4.78, 5) is 13.2. The minimum Gasteiger partial charge on any atom is -0.508 e. The number of hydrogen-bond acceptors (Lipinski definition) is 5. The van der Waals surface area contributed by atoms with Gasteiger partial charge in [-0.1, -0.05) is 84.9 Å². The Balaban J connectivity index is 1.38. The van der Waals surface area contributed by atoms with Crippen molar-refractivity contribution >= 4 is 27.5 Å². The summed E-state index contributed by atoms with van der Waals surface area (Å²) >= 11 is 0. The van der Waals surface area contributed by atoms with Crippen molar-refractivity contribution < 1.29 is 15.0 Å². The van der Waals surface area contributed by atoms with Gasteiger partial charge in [-0.25, -0.2) is 0 Å². The number of likely N-dealkylation sites (N-methyl/N-ethyl adjacent to an activating group) is 1. The maximum atomic E-state index is 13.2. The summed E-state index contributed by atoms with van der Waals surface area (Å²) in [5.74, 6) is -0.659. The van der Waals surface area contributed by atoms with Crippen molar-refractivity contribution in [2.45, 2.75) is 24.9 Å². The summed E-state index contributed by atoms with van der Waals surface area (Å²) in [6.07, 6.45) is 1.45. The molecular weight excluding hydrogens is 498 g/mol. The van der Waals surface area contributed by atoms with Gasteiger partial charge in [-0.15, -0.1) is 0 Å². The highest BCUT2D eigenvalue weighted by Crippen LogP contribution is 2.23. The van der Waals surface area contributed by atoms with Crippen molar-refractivity contribution in [1.29, 1.82) is 0 Å². The number of fused-ring (bicyclic) bond motifs is 2. The van der Waals surface area contributed by atoms with Crippen molar-refractivity contribution in [3.05, 3.63) is 120 Å². The molecule has 0 saturated heterocycles. The van der Waals surface area contributed by atoms with Gasteiger partial charge < -0.3 is 26.2 Å². The van der Waals surface area contributed by atoms with Crippen molar-refractivity contribution in [2.75, 3.05) is 20.1 Å². The molecule has 0 unspecified atom stereocenters. The molecule has 5 N–H and O–H groups in total. The number of phenolic OH excluding ortho intramolecular Hbond substituents is 2. The summed E-state index contributed by atoms with van der Waals surface area (Å²) in [6.45, 7) is 1.30. The van der Waals surface area contributed by atoms with Gasteiger partial charge in [0.05, 0.1) is 0 Å². The molecule has 0 radical (unpaired) electrons. The Morgan fingerprint density at radius 1 is 0.675 bits per heavy atom. The SMILES string of the molecule is CNC[C@@H](Cc1cccc2ccccc12)NC[C@@H](Cc1cccc2ccccc12)NC(=O)c1cc(O)cc(O)c1. The molecule has 6 nitrogen and oxygen atoms in total. The average molecular weight is 534 g/mol. The van der Waals surface area contributed by atoms with Crippen molar-refractivity contribution in [1.82, 2.24) is 16.0 Å². The van der Waals surface area contributed by atoms with Crippen LogP contribution in [0.15, 0.2) is 103 Å². The molecule has 2 atom stereocenters. The Hall–Kier alpha value is -4.39. The molecule has 0 aliphatic rings. The third-order valence-corrected chi connectivity index (χ3v) is 7.30. The Kier molecular flexibility index (Phi) is 8.59. The van der Waals surface area contributed by atoms with E-state index in [0.717, 1.165) is 29.3 Å². The first-order valence-electron chi connectivity index (χ1n) is 13.7. The Morgan fingerprint density at radius 3 is 1.77 bits per heavy atom. The van der Waals surface area contributed by atoms with E-state index in [1.165, 1.54) is 34.5 Å². The van der Waals surface area contributed by atoms with Crippen molar-refractivity contribution in [3.8, 4) is 11.5 Å². The minimum absolute atomic E-state index is 0.132. The Morgan fingerprint density at radius 2 is 1.20 bits per heavy atom. The number of phenols is 2. The zero-order valence-electron chi connectivity index (χ0n) is 22.6. The lowest BCUT2D eigenvalue weighted by molar-refractivity contribution is 0.0935. The van der Waals surface area contributed by atoms with Crippen molar-refractivity contribution in [2.24, 2.45) is 0 Å². The second-order valence-corrected chi connectivity index (χ2v) is 10.3. The van der Waals surface area contributed by atoms with Gasteiger partial charge in [0.1, 0.15) is 11.5 Å². The van der Waals surface area contributed by atoms with E-state index in [4.69, 9.17) is 0 Å². The van der Waals surface area contributed by atoms with E-state index in [2.05, 4.69) is 82.7 Å². The second-order valence-electron chi connectivity index (χ2n) is 10.3. The van der Waals surface area contributed by atoms with Crippen LogP contribution in [0.4, 0.5) is 0 Å². The van der Waals surface area contributed by atoms with Crippen LogP contribution in [0.1, 0.15) is 21.5 Å². The number of hydrogen-bond donors (Lipinski definition) is 5. The zero-order valence-corrected chi connectivity index (χ0v) is 22.6. The number of benzene rings is 5. The van der Waals surface area contributed by atoms with E-state index < -0.39 is 0 Å². The fraction of sp³-hybridized carbons (Fsp3) is 0.206. The van der Waals surface area contributed by atoms with Crippen LogP contribution in [-0.4, -0.2) is 48.3 Å². The van der Waals surface area contributed by atoms with Crippen LogP contribution >= 0.6 is 0 Å². The molecule has 0 spiro atoms. The van der Waals surface area contributed by atoms with Gasteiger partial charge >= 0.3 is 0 Å². The highest BCUT2D eigenvalue weighted by atomic mass is 16.3. The standard InChI is InChI=1S/C34H35N3O3/c1-35-21-28(16-25-12-6-10-23-8-2-4-14-32(23)25)36-22-29(37-34(40)27-18-30(38)20-31(39)19-27)17-26-13-7-11-24-9-3-5-15-33(24)26/h2-15,18-20,28-29,35-36,38-39H,16-17,21-22H2,1H3,(H,37,40)/t28-,29-/m1/s1. The molecule has 204 valence electrons. The highest BCUT2D eigenvalue weighted by molar-refractivity contribution is 5.95. The van der Waals surface area contributed by atoms with Crippen LogP contribution < -0.4 is 16.0 Å². The number of aromatic hydroxyl groups is 2. The number of amides is 1. The van der Waals surface area contributed by atoms with Crippen LogP contribution in [0.25, 0.3) is 21.5 Å². The minimum atomic E-state index is -0.350. The van der Waals surface area contributed by atoms with Gasteiger partial charge in [0.15, 0.2) is 0 Å². The van der Waals surface area contributed by atoms with Crippen LogP contribution in [0.5, 0.6) is 11.5 Å². The maximum Gasteiger partial charge on any atom is 0.251 e. The van der Waals surface area contributed by atoms with Crippen LogP contribution in [-0.2, 0) is 12.8 Å². The lowest BCUT2D eigenvalue weighted by atomic mass is 9.97. The molecule has 1 amide bonds. The monoisotopic (exact) mass is 533 g/mol. The number of rotatable bonds is 11. The Bertz CT molecular complexity index is 1590. The van der Waals surface area contributed by atoms with Crippen LogP contribution in [0, 0.1) is 0 Å². The molecule has 0 saturated carbocycles. The van der Waals surface area contributed by atoms with E-state index in [1.54, 1.807) is 0 Å². The topological polar surface area (TPSA) is 93.6 Å². The van der Waals surface area contributed by atoms with Gasteiger partial charge in [-0.3, -0.25) is 4.79 Å². The summed E-state index contributed by atoms with van der Waals surface area (Å²) < 4.78 is 0. The molecule has 5 aromatic carbocycles. The predicted octanol–water partition coefficient (Wildman–Crippen LogP) is 5.17. The molecule has 5 rings (SSSR count). The molecule has 0 aliphatic heterocycles. The van der Waals surface area contributed by atoms with Gasteiger partial charge in [0.25, 0.3) is 5.91 Å². The van der Waals surface area contributed by atoms with Gasteiger partial charge in [-0.2, -0.15) is 0 Å². The lowest BCUT2D eigenvalue weighted by Crippen LogP contribution is -2.48. The van der Waals surface area contributed by atoms with Crippen LogP contribution in [0.2, 0.25) is 0 Å². The summed E-state index contributed by atoms with van der Waals surface area (Å²) in [5, 5.41) is 34.8. The molecular formula is C34H35N3O3. The number of nitrogens with one attached hydrogen (secondary N) is 3. The third kappa shape index (κ3) is 6.60. The molecule has 6 heteroatoms. The number of carbonyl (C=O) groups excluding carboxylic acids is 1. The first-order valence-corrected chi connectivity index (χ1v) is 13.7. The normalized spacial score (nSPS) is 12.8. The first kappa shape index (κ1) is 27.2. The first-order chi connectivity index (χ1) is 19.5. The van der Waals surface area contributed by atoms with Crippen LogP contribution in [0.3, 0.4) is 0 Å². The van der Waals surface area contributed by atoms with E-state index >= 15 is 0 Å². The largest absolute Gasteiger partial charge is 0.508 e. The fourth-order valence-electron chi connectivity index (χ4n) is 5.41.